The molecule has 1 N–H and O–H groups in total. The lowest BCUT2D eigenvalue weighted by Gasteiger charge is -2.16. The van der Waals surface area contributed by atoms with Gasteiger partial charge in [-0.2, -0.15) is 0 Å². The predicted octanol–water partition coefficient (Wildman–Crippen LogP) is 3.73. The zero-order valence-corrected chi connectivity index (χ0v) is 16.3. The van der Waals surface area contributed by atoms with Crippen LogP contribution in [0.4, 0.5) is 0 Å². The second kappa shape index (κ2) is 7.74. The van der Waals surface area contributed by atoms with E-state index in [9.17, 15) is 13.2 Å². The topological polar surface area (TPSA) is 66.5 Å². The largest absolute Gasteiger partial charge is 0.345 e. The molecule has 0 saturated carbocycles. The summed E-state index contributed by atoms with van der Waals surface area (Å²) in [6, 6.07) is 10.8. The van der Waals surface area contributed by atoms with Crippen molar-refractivity contribution in [2.45, 2.75) is 17.9 Å². The van der Waals surface area contributed by atoms with Gasteiger partial charge >= 0.3 is 0 Å². The van der Waals surface area contributed by atoms with Gasteiger partial charge in [0.25, 0.3) is 5.91 Å². The number of carbonyl (C=O) groups is 1. The molecule has 134 valence electrons. The summed E-state index contributed by atoms with van der Waals surface area (Å²) in [5.74, 6) is -0.455. The van der Waals surface area contributed by atoms with Crippen LogP contribution in [-0.4, -0.2) is 32.7 Å². The summed E-state index contributed by atoms with van der Waals surface area (Å²) < 4.78 is 25.5. The van der Waals surface area contributed by atoms with Crippen LogP contribution in [0.3, 0.4) is 0 Å². The van der Waals surface area contributed by atoms with Gasteiger partial charge in [0.2, 0.25) is 10.0 Å². The monoisotopic (exact) mass is 400 g/mol. The first kappa shape index (κ1) is 19.7. The number of hydrogen-bond donors (Lipinski definition) is 1. The second-order valence-corrected chi connectivity index (χ2v) is 8.67. The first-order valence-electron chi connectivity index (χ1n) is 7.41. The van der Waals surface area contributed by atoms with E-state index in [-0.39, 0.29) is 21.5 Å². The van der Waals surface area contributed by atoms with Crippen LogP contribution in [0.25, 0.3) is 0 Å². The fraction of sp³-hybridized carbons (Fsp3) is 0.235. The minimum absolute atomic E-state index is 0.00574. The number of nitrogens with one attached hydrogen (secondary N) is 1. The number of carbonyl (C=O) groups excluding carboxylic acids is 1. The smallest absolute Gasteiger partial charge is 0.253 e. The van der Waals surface area contributed by atoms with Crippen molar-refractivity contribution >= 4 is 39.1 Å². The number of rotatable bonds is 5. The van der Waals surface area contributed by atoms with Gasteiger partial charge in [0, 0.05) is 19.1 Å². The Morgan fingerprint density at radius 2 is 1.68 bits per heavy atom. The van der Waals surface area contributed by atoms with Crippen molar-refractivity contribution in [3.63, 3.8) is 0 Å². The van der Waals surface area contributed by atoms with E-state index in [2.05, 4.69) is 5.32 Å². The molecule has 1 amide bonds. The lowest BCUT2D eigenvalue weighted by molar-refractivity contribution is 0.0940. The van der Waals surface area contributed by atoms with Crippen molar-refractivity contribution < 1.29 is 13.2 Å². The number of sulfonamides is 1. The number of hydrogen-bond acceptors (Lipinski definition) is 3. The average molecular weight is 401 g/mol. The van der Waals surface area contributed by atoms with Gasteiger partial charge in [-0.3, -0.25) is 4.79 Å². The maximum Gasteiger partial charge on any atom is 0.253 e. The van der Waals surface area contributed by atoms with Crippen LogP contribution in [0.15, 0.2) is 47.4 Å². The molecular weight excluding hydrogens is 383 g/mol. The van der Waals surface area contributed by atoms with Gasteiger partial charge in [0.05, 0.1) is 21.5 Å². The highest BCUT2D eigenvalue weighted by Gasteiger charge is 2.21. The third-order valence-electron chi connectivity index (χ3n) is 3.68. The van der Waals surface area contributed by atoms with E-state index in [0.717, 1.165) is 9.87 Å². The maximum absolute atomic E-state index is 12.5. The number of amides is 1. The molecule has 0 fully saturated rings. The van der Waals surface area contributed by atoms with Gasteiger partial charge in [-0.1, -0.05) is 35.3 Å². The van der Waals surface area contributed by atoms with Crippen molar-refractivity contribution in [2.24, 2.45) is 0 Å². The quantitative estimate of drug-likeness (QED) is 0.830. The van der Waals surface area contributed by atoms with Crippen LogP contribution in [0.5, 0.6) is 0 Å². The number of nitrogens with zero attached hydrogens (tertiary/aromatic N) is 1. The molecule has 5 nitrogen and oxygen atoms in total. The van der Waals surface area contributed by atoms with Gasteiger partial charge in [-0.25, -0.2) is 12.7 Å². The van der Waals surface area contributed by atoms with Gasteiger partial charge < -0.3 is 5.32 Å². The van der Waals surface area contributed by atoms with Crippen LogP contribution in [-0.2, 0) is 10.0 Å². The molecule has 0 aromatic heterocycles. The summed E-state index contributed by atoms with van der Waals surface area (Å²) in [5.41, 5.74) is 0.969. The SMILES string of the molecule is C[C@@H](NC(=O)c1cc(S(=O)(=O)N(C)C)ccc1Cl)c1ccc(Cl)cc1. The zero-order valence-electron chi connectivity index (χ0n) is 14.0. The van der Waals surface area contributed by atoms with Gasteiger partial charge in [0.1, 0.15) is 0 Å². The molecule has 0 spiro atoms. The lowest BCUT2D eigenvalue weighted by Crippen LogP contribution is -2.27. The molecule has 0 heterocycles. The maximum atomic E-state index is 12.5. The van der Waals surface area contributed by atoms with Crippen LogP contribution in [0, 0.1) is 0 Å². The van der Waals surface area contributed by atoms with E-state index in [4.69, 9.17) is 23.2 Å². The highest BCUT2D eigenvalue weighted by atomic mass is 35.5. The Bertz CT molecular complexity index is 881. The summed E-state index contributed by atoms with van der Waals surface area (Å²) in [4.78, 5) is 12.5. The molecule has 0 aliphatic rings. The van der Waals surface area contributed by atoms with Crippen LogP contribution < -0.4 is 5.32 Å². The number of benzene rings is 2. The molecule has 0 saturated heterocycles. The van der Waals surface area contributed by atoms with Crippen LogP contribution in [0.2, 0.25) is 10.0 Å². The summed E-state index contributed by atoms with van der Waals surface area (Å²) in [7, 11) is -0.809. The van der Waals surface area contributed by atoms with E-state index < -0.39 is 15.9 Å². The molecule has 2 aromatic carbocycles. The Balaban J connectivity index is 2.28. The van der Waals surface area contributed by atoms with E-state index in [1.165, 1.54) is 32.3 Å². The lowest BCUT2D eigenvalue weighted by atomic mass is 10.1. The van der Waals surface area contributed by atoms with Crippen molar-refractivity contribution in [1.29, 1.82) is 0 Å². The Labute approximate surface area is 157 Å². The van der Waals surface area contributed by atoms with E-state index in [1.807, 2.05) is 19.1 Å². The Morgan fingerprint density at radius 1 is 1.08 bits per heavy atom. The highest BCUT2D eigenvalue weighted by Crippen LogP contribution is 2.23. The normalized spacial score (nSPS) is 12.9. The summed E-state index contributed by atoms with van der Waals surface area (Å²) in [6.45, 7) is 1.81. The minimum Gasteiger partial charge on any atom is -0.345 e. The van der Waals surface area contributed by atoms with Crippen molar-refractivity contribution in [2.75, 3.05) is 14.1 Å². The van der Waals surface area contributed by atoms with E-state index >= 15 is 0 Å². The van der Waals surface area contributed by atoms with Gasteiger partial charge in [-0.05, 0) is 42.8 Å². The molecule has 0 aliphatic carbocycles. The molecular formula is C17H18Cl2N2O3S. The van der Waals surface area contributed by atoms with Crippen LogP contribution in [0.1, 0.15) is 28.9 Å². The highest BCUT2D eigenvalue weighted by molar-refractivity contribution is 7.89. The van der Waals surface area contributed by atoms with Gasteiger partial charge in [0.15, 0.2) is 0 Å². The zero-order chi connectivity index (χ0) is 18.8. The third kappa shape index (κ3) is 4.52. The molecule has 2 aromatic rings. The molecule has 0 bridgehead atoms. The molecule has 0 unspecified atom stereocenters. The molecule has 8 heteroatoms. The second-order valence-electron chi connectivity index (χ2n) is 5.68. The standard InChI is InChI=1S/C17H18Cl2N2O3S/c1-11(12-4-6-13(18)7-5-12)20-17(22)15-10-14(8-9-16(15)19)25(23,24)21(2)3/h4-11H,1-3H3,(H,20,22)/t11-/m1/s1. The Kier molecular flexibility index (Phi) is 6.11. The Morgan fingerprint density at radius 3 is 2.24 bits per heavy atom. The van der Waals surface area contributed by atoms with Crippen molar-refractivity contribution in [3.05, 3.63) is 63.6 Å². The minimum atomic E-state index is -3.66. The molecule has 0 aliphatic heterocycles. The summed E-state index contributed by atoms with van der Waals surface area (Å²) >= 11 is 11.9. The molecule has 1 atom stereocenters. The molecule has 2 rings (SSSR count). The van der Waals surface area contributed by atoms with Crippen molar-refractivity contribution in [1.82, 2.24) is 9.62 Å². The van der Waals surface area contributed by atoms with E-state index in [1.54, 1.807) is 12.1 Å². The fourth-order valence-corrected chi connectivity index (χ4v) is 3.42. The summed E-state index contributed by atoms with van der Waals surface area (Å²) in [6.07, 6.45) is 0. The fourth-order valence-electron chi connectivity index (χ4n) is 2.16. The van der Waals surface area contributed by atoms with E-state index in [0.29, 0.717) is 5.02 Å². The van der Waals surface area contributed by atoms with Crippen LogP contribution >= 0.6 is 23.2 Å². The first-order chi connectivity index (χ1) is 11.6. The average Bonchev–Trinajstić information content (AvgIpc) is 2.55. The first-order valence-corrected chi connectivity index (χ1v) is 9.61. The van der Waals surface area contributed by atoms with Crippen molar-refractivity contribution in [3.8, 4) is 0 Å². The Hall–Kier alpha value is -1.60. The molecule has 25 heavy (non-hydrogen) atoms. The number of halogens is 2. The predicted molar refractivity (Wildman–Crippen MR) is 99.7 cm³/mol. The summed E-state index contributed by atoms with van der Waals surface area (Å²) in [5, 5.41) is 3.59. The van der Waals surface area contributed by atoms with Gasteiger partial charge in [-0.15, -0.1) is 0 Å². The molecule has 0 radical (unpaired) electrons. The third-order valence-corrected chi connectivity index (χ3v) is 6.07.